The lowest BCUT2D eigenvalue weighted by molar-refractivity contribution is -0.202. The third-order valence-electron chi connectivity index (χ3n) is 2.41. The standard InChI is InChI=1S/C10H11FO2/c1-12-10(6-13-7-10)8-3-2-4-9(11)5-8/h2-5H,6-7H2,1H3. The number of hydrogen-bond acceptors (Lipinski definition) is 2. The van der Waals surface area contributed by atoms with Crippen LogP contribution in [0.1, 0.15) is 5.56 Å². The van der Waals surface area contributed by atoms with Gasteiger partial charge in [-0.1, -0.05) is 12.1 Å². The summed E-state index contributed by atoms with van der Waals surface area (Å²) in [5.41, 5.74) is 0.434. The molecular formula is C10H11FO2. The van der Waals surface area contributed by atoms with Gasteiger partial charge in [0, 0.05) is 7.11 Å². The van der Waals surface area contributed by atoms with E-state index in [1.54, 1.807) is 13.2 Å². The minimum absolute atomic E-state index is 0.235. The summed E-state index contributed by atoms with van der Waals surface area (Å²) in [5.74, 6) is -0.235. The first-order chi connectivity index (χ1) is 6.27. The highest BCUT2D eigenvalue weighted by Crippen LogP contribution is 2.32. The van der Waals surface area contributed by atoms with Gasteiger partial charge >= 0.3 is 0 Å². The van der Waals surface area contributed by atoms with Gasteiger partial charge in [-0.05, 0) is 17.7 Å². The lowest BCUT2D eigenvalue weighted by atomic mass is 9.92. The SMILES string of the molecule is COC1(c2cccc(F)c2)COC1. The minimum Gasteiger partial charge on any atom is -0.375 e. The first-order valence-corrected chi connectivity index (χ1v) is 4.16. The molecule has 70 valence electrons. The summed E-state index contributed by atoms with van der Waals surface area (Å²) >= 11 is 0. The van der Waals surface area contributed by atoms with Crippen LogP contribution in [0.4, 0.5) is 4.39 Å². The Balaban J connectivity index is 2.33. The predicted octanol–water partition coefficient (Wildman–Crippen LogP) is 1.70. The molecule has 0 bridgehead atoms. The zero-order valence-corrected chi connectivity index (χ0v) is 7.42. The molecule has 0 saturated carbocycles. The second-order valence-electron chi connectivity index (χ2n) is 3.20. The first kappa shape index (κ1) is 8.66. The highest BCUT2D eigenvalue weighted by atomic mass is 19.1. The summed E-state index contributed by atoms with van der Waals surface area (Å²) < 4.78 is 23.3. The molecule has 1 heterocycles. The Bertz CT molecular complexity index is 302. The van der Waals surface area contributed by atoms with E-state index in [0.29, 0.717) is 13.2 Å². The Morgan fingerprint density at radius 3 is 2.69 bits per heavy atom. The Morgan fingerprint density at radius 1 is 1.46 bits per heavy atom. The molecule has 1 saturated heterocycles. The van der Waals surface area contributed by atoms with E-state index in [1.807, 2.05) is 6.07 Å². The molecule has 0 radical (unpaired) electrons. The fourth-order valence-electron chi connectivity index (χ4n) is 1.46. The molecule has 0 unspecified atom stereocenters. The molecule has 1 aliphatic heterocycles. The summed E-state index contributed by atoms with van der Waals surface area (Å²) in [7, 11) is 1.62. The maximum atomic E-state index is 12.9. The molecule has 3 heteroatoms. The quantitative estimate of drug-likeness (QED) is 0.693. The molecule has 0 spiro atoms. The van der Waals surface area contributed by atoms with E-state index in [2.05, 4.69) is 0 Å². The van der Waals surface area contributed by atoms with Crippen molar-refractivity contribution in [2.75, 3.05) is 20.3 Å². The van der Waals surface area contributed by atoms with Crippen molar-refractivity contribution >= 4 is 0 Å². The number of benzene rings is 1. The fraction of sp³-hybridized carbons (Fsp3) is 0.400. The van der Waals surface area contributed by atoms with Gasteiger partial charge in [-0.3, -0.25) is 0 Å². The molecule has 0 N–H and O–H groups in total. The maximum Gasteiger partial charge on any atom is 0.139 e. The van der Waals surface area contributed by atoms with Gasteiger partial charge in [0.15, 0.2) is 0 Å². The van der Waals surface area contributed by atoms with Crippen LogP contribution in [0, 0.1) is 5.82 Å². The summed E-state index contributed by atoms with van der Waals surface area (Å²) in [6.45, 7) is 1.01. The van der Waals surface area contributed by atoms with Gasteiger partial charge in [0.1, 0.15) is 11.4 Å². The molecule has 2 nitrogen and oxygen atoms in total. The van der Waals surface area contributed by atoms with E-state index in [1.165, 1.54) is 12.1 Å². The molecule has 13 heavy (non-hydrogen) atoms. The van der Waals surface area contributed by atoms with Crippen molar-refractivity contribution in [3.8, 4) is 0 Å². The van der Waals surface area contributed by atoms with Crippen molar-refractivity contribution in [1.29, 1.82) is 0 Å². The van der Waals surface area contributed by atoms with E-state index >= 15 is 0 Å². The number of ether oxygens (including phenoxy) is 2. The fourth-order valence-corrected chi connectivity index (χ4v) is 1.46. The lowest BCUT2D eigenvalue weighted by Gasteiger charge is -2.40. The summed E-state index contributed by atoms with van der Waals surface area (Å²) in [6.07, 6.45) is 0. The molecule has 2 rings (SSSR count). The highest BCUT2D eigenvalue weighted by Gasteiger charge is 2.40. The van der Waals surface area contributed by atoms with Crippen LogP contribution in [-0.2, 0) is 15.1 Å². The number of methoxy groups -OCH3 is 1. The van der Waals surface area contributed by atoms with Crippen molar-refractivity contribution in [2.45, 2.75) is 5.60 Å². The topological polar surface area (TPSA) is 18.5 Å². The van der Waals surface area contributed by atoms with Crippen molar-refractivity contribution < 1.29 is 13.9 Å². The van der Waals surface area contributed by atoms with Gasteiger partial charge in [0.2, 0.25) is 0 Å². The first-order valence-electron chi connectivity index (χ1n) is 4.16. The highest BCUT2D eigenvalue weighted by molar-refractivity contribution is 5.25. The van der Waals surface area contributed by atoms with Crippen LogP contribution >= 0.6 is 0 Å². The zero-order chi connectivity index (χ0) is 9.31. The summed E-state index contributed by atoms with van der Waals surface area (Å²) in [5, 5.41) is 0. The van der Waals surface area contributed by atoms with Crippen LogP contribution in [0.25, 0.3) is 0 Å². The second kappa shape index (κ2) is 3.09. The van der Waals surface area contributed by atoms with E-state index in [0.717, 1.165) is 5.56 Å². The van der Waals surface area contributed by atoms with E-state index in [9.17, 15) is 4.39 Å². The van der Waals surface area contributed by atoms with Crippen molar-refractivity contribution in [1.82, 2.24) is 0 Å². The van der Waals surface area contributed by atoms with Gasteiger partial charge in [-0.25, -0.2) is 4.39 Å². The number of hydrogen-bond donors (Lipinski definition) is 0. The molecule has 0 aliphatic carbocycles. The number of halogens is 1. The monoisotopic (exact) mass is 182 g/mol. The van der Waals surface area contributed by atoms with E-state index in [4.69, 9.17) is 9.47 Å². The zero-order valence-electron chi connectivity index (χ0n) is 7.42. The van der Waals surface area contributed by atoms with Crippen LogP contribution in [-0.4, -0.2) is 20.3 Å². The summed E-state index contributed by atoms with van der Waals surface area (Å²) in [6, 6.07) is 6.46. The molecule has 0 atom stereocenters. The van der Waals surface area contributed by atoms with Crippen LogP contribution in [0.15, 0.2) is 24.3 Å². The van der Waals surface area contributed by atoms with Crippen LogP contribution < -0.4 is 0 Å². The van der Waals surface area contributed by atoms with Crippen LogP contribution in [0.5, 0.6) is 0 Å². The average Bonchev–Trinajstić information content (AvgIpc) is 2.03. The Kier molecular flexibility index (Phi) is 2.06. The molecule has 1 fully saturated rings. The van der Waals surface area contributed by atoms with Gasteiger partial charge < -0.3 is 9.47 Å². The van der Waals surface area contributed by atoms with Gasteiger partial charge in [-0.15, -0.1) is 0 Å². The molecule has 0 amide bonds. The molecule has 0 aromatic heterocycles. The van der Waals surface area contributed by atoms with Gasteiger partial charge in [-0.2, -0.15) is 0 Å². The Hall–Kier alpha value is -0.930. The van der Waals surface area contributed by atoms with Crippen LogP contribution in [0.3, 0.4) is 0 Å². The predicted molar refractivity (Wildman–Crippen MR) is 45.9 cm³/mol. The molecule has 1 aromatic carbocycles. The normalized spacial score (nSPS) is 19.5. The molecule has 1 aromatic rings. The lowest BCUT2D eigenvalue weighted by Crippen LogP contribution is -2.48. The van der Waals surface area contributed by atoms with E-state index in [-0.39, 0.29) is 5.82 Å². The third kappa shape index (κ3) is 1.34. The van der Waals surface area contributed by atoms with Crippen molar-refractivity contribution in [2.24, 2.45) is 0 Å². The molecule has 1 aliphatic rings. The smallest absolute Gasteiger partial charge is 0.139 e. The van der Waals surface area contributed by atoms with Crippen molar-refractivity contribution in [3.63, 3.8) is 0 Å². The van der Waals surface area contributed by atoms with Gasteiger partial charge in [0.05, 0.1) is 13.2 Å². The van der Waals surface area contributed by atoms with Crippen molar-refractivity contribution in [3.05, 3.63) is 35.6 Å². The minimum atomic E-state index is -0.415. The largest absolute Gasteiger partial charge is 0.375 e. The Morgan fingerprint density at radius 2 is 2.23 bits per heavy atom. The number of rotatable bonds is 2. The molecular weight excluding hydrogens is 171 g/mol. The summed E-state index contributed by atoms with van der Waals surface area (Å²) in [4.78, 5) is 0. The average molecular weight is 182 g/mol. The van der Waals surface area contributed by atoms with Crippen LogP contribution in [0.2, 0.25) is 0 Å². The maximum absolute atomic E-state index is 12.9. The third-order valence-corrected chi connectivity index (χ3v) is 2.41. The second-order valence-corrected chi connectivity index (χ2v) is 3.20. The van der Waals surface area contributed by atoms with E-state index < -0.39 is 5.60 Å². The Labute approximate surface area is 76.3 Å². The van der Waals surface area contributed by atoms with Gasteiger partial charge in [0.25, 0.3) is 0 Å².